The summed E-state index contributed by atoms with van der Waals surface area (Å²) in [6.07, 6.45) is 0. The number of hydrogen-bond acceptors (Lipinski definition) is 6. The summed E-state index contributed by atoms with van der Waals surface area (Å²) in [4.78, 5) is 27.9. The first-order valence-electron chi connectivity index (χ1n) is 9.22. The van der Waals surface area contributed by atoms with Crippen LogP contribution in [-0.4, -0.2) is 24.3 Å². The molecule has 9 nitrogen and oxygen atoms in total. The SMILES string of the molecule is Cn1nc([N+](=O)[O-])c([C@H](C#N)c2nc3ccccc3n2Cc2ccccc2)c(Cl)c1=O. The maximum Gasteiger partial charge on any atom is 0.395 e. The van der Waals surface area contributed by atoms with Crippen molar-refractivity contribution in [3.63, 3.8) is 0 Å². The van der Waals surface area contributed by atoms with Gasteiger partial charge in [0.05, 0.1) is 29.2 Å². The van der Waals surface area contributed by atoms with Crippen molar-refractivity contribution in [1.29, 1.82) is 5.26 Å². The van der Waals surface area contributed by atoms with E-state index in [1.807, 2.05) is 54.6 Å². The van der Waals surface area contributed by atoms with Gasteiger partial charge in [0.25, 0.3) is 0 Å². The van der Waals surface area contributed by atoms with Crippen LogP contribution in [0.4, 0.5) is 5.82 Å². The molecule has 0 aliphatic rings. The lowest BCUT2D eigenvalue weighted by molar-refractivity contribution is -0.391. The van der Waals surface area contributed by atoms with Crippen LogP contribution in [0.25, 0.3) is 11.0 Å². The van der Waals surface area contributed by atoms with Crippen molar-refractivity contribution in [2.45, 2.75) is 12.5 Å². The summed E-state index contributed by atoms with van der Waals surface area (Å²) in [5.41, 5.74) is 1.32. The minimum Gasteiger partial charge on any atom is -0.358 e. The van der Waals surface area contributed by atoms with Gasteiger partial charge in [-0.3, -0.25) is 4.79 Å². The molecule has 0 aliphatic carbocycles. The lowest BCUT2D eigenvalue weighted by Crippen LogP contribution is -2.25. The number of imidazole rings is 1. The molecule has 4 aromatic rings. The number of para-hydroxylation sites is 2. The Balaban J connectivity index is 2.00. The Labute approximate surface area is 180 Å². The van der Waals surface area contributed by atoms with Gasteiger partial charge in [-0.25, -0.2) is 4.98 Å². The molecule has 0 bridgehead atoms. The first-order valence-corrected chi connectivity index (χ1v) is 9.60. The van der Waals surface area contributed by atoms with E-state index in [0.717, 1.165) is 15.8 Å². The van der Waals surface area contributed by atoms with Crippen LogP contribution in [0.5, 0.6) is 0 Å². The van der Waals surface area contributed by atoms with E-state index in [1.54, 1.807) is 10.6 Å². The molecule has 0 N–H and O–H groups in total. The third-order valence-corrected chi connectivity index (χ3v) is 5.29. The Morgan fingerprint density at radius 2 is 1.87 bits per heavy atom. The number of nitriles is 1. The number of rotatable bonds is 5. The van der Waals surface area contributed by atoms with Crippen molar-refractivity contribution in [3.8, 4) is 6.07 Å². The highest BCUT2D eigenvalue weighted by Gasteiger charge is 2.34. The number of benzene rings is 2. The summed E-state index contributed by atoms with van der Waals surface area (Å²) in [7, 11) is 1.26. The third-order valence-electron chi connectivity index (χ3n) is 4.92. The van der Waals surface area contributed by atoms with Crippen molar-refractivity contribution in [2.24, 2.45) is 7.05 Å². The van der Waals surface area contributed by atoms with Gasteiger partial charge in [-0.05, 0) is 22.6 Å². The molecule has 31 heavy (non-hydrogen) atoms. The zero-order valence-corrected chi connectivity index (χ0v) is 17.0. The van der Waals surface area contributed by atoms with Crippen molar-refractivity contribution < 1.29 is 4.92 Å². The van der Waals surface area contributed by atoms with Crippen molar-refractivity contribution in [2.75, 3.05) is 0 Å². The van der Waals surface area contributed by atoms with E-state index in [9.17, 15) is 20.2 Å². The first-order chi connectivity index (χ1) is 14.9. The summed E-state index contributed by atoms with van der Waals surface area (Å²) in [5, 5.41) is 25.0. The molecule has 2 aromatic carbocycles. The summed E-state index contributed by atoms with van der Waals surface area (Å²) < 4.78 is 2.58. The Morgan fingerprint density at radius 1 is 1.19 bits per heavy atom. The highest BCUT2D eigenvalue weighted by atomic mass is 35.5. The Morgan fingerprint density at radius 3 is 2.55 bits per heavy atom. The number of fused-ring (bicyclic) bond motifs is 1. The monoisotopic (exact) mass is 434 g/mol. The second-order valence-corrected chi connectivity index (χ2v) is 7.21. The van der Waals surface area contributed by atoms with Crippen LogP contribution < -0.4 is 5.56 Å². The zero-order chi connectivity index (χ0) is 22.1. The highest BCUT2D eigenvalue weighted by molar-refractivity contribution is 6.31. The average molecular weight is 435 g/mol. The molecule has 1 atom stereocenters. The van der Waals surface area contributed by atoms with Gasteiger partial charge in [-0.2, -0.15) is 5.26 Å². The van der Waals surface area contributed by atoms with E-state index in [-0.39, 0.29) is 11.4 Å². The average Bonchev–Trinajstić information content (AvgIpc) is 3.12. The molecule has 0 aliphatic heterocycles. The van der Waals surface area contributed by atoms with Gasteiger partial charge in [-0.15, -0.1) is 4.68 Å². The summed E-state index contributed by atoms with van der Waals surface area (Å²) in [5.74, 6) is -1.69. The van der Waals surface area contributed by atoms with Gasteiger partial charge in [0.2, 0.25) is 0 Å². The molecule has 2 aromatic heterocycles. The van der Waals surface area contributed by atoms with Crippen LogP contribution >= 0.6 is 11.6 Å². The molecule has 0 saturated carbocycles. The predicted molar refractivity (Wildman–Crippen MR) is 114 cm³/mol. The Kier molecular flexibility index (Phi) is 5.23. The van der Waals surface area contributed by atoms with Gasteiger partial charge in [0.1, 0.15) is 22.3 Å². The lowest BCUT2D eigenvalue weighted by Gasteiger charge is -2.14. The predicted octanol–water partition coefficient (Wildman–Crippen LogP) is 3.40. The van der Waals surface area contributed by atoms with Crippen molar-refractivity contribution >= 4 is 28.5 Å². The van der Waals surface area contributed by atoms with Crippen LogP contribution in [-0.2, 0) is 13.6 Å². The normalized spacial score (nSPS) is 11.9. The van der Waals surface area contributed by atoms with Crippen LogP contribution in [0, 0.1) is 21.4 Å². The fourth-order valence-electron chi connectivity index (χ4n) is 3.49. The van der Waals surface area contributed by atoms with Gasteiger partial charge < -0.3 is 14.7 Å². The summed E-state index contributed by atoms with van der Waals surface area (Å²) in [6, 6.07) is 18.9. The molecular formula is C21H15ClN6O3. The molecule has 0 unspecified atom stereocenters. The Bertz CT molecular complexity index is 1400. The lowest BCUT2D eigenvalue weighted by atomic mass is 10.0. The van der Waals surface area contributed by atoms with Crippen LogP contribution in [0.1, 0.15) is 22.9 Å². The van der Waals surface area contributed by atoms with Crippen LogP contribution in [0.3, 0.4) is 0 Å². The molecule has 154 valence electrons. The number of halogens is 1. The minimum atomic E-state index is -1.27. The molecule has 4 rings (SSSR count). The van der Waals surface area contributed by atoms with Crippen molar-refractivity contribution in [3.05, 3.63) is 97.0 Å². The maximum absolute atomic E-state index is 12.4. The molecule has 0 radical (unpaired) electrons. The second-order valence-electron chi connectivity index (χ2n) is 6.83. The van der Waals surface area contributed by atoms with E-state index >= 15 is 0 Å². The Hall–Kier alpha value is -4.03. The van der Waals surface area contributed by atoms with E-state index in [0.29, 0.717) is 12.1 Å². The van der Waals surface area contributed by atoms with Gasteiger partial charge >= 0.3 is 11.4 Å². The van der Waals surface area contributed by atoms with E-state index in [4.69, 9.17) is 11.6 Å². The number of aryl methyl sites for hydroxylation is 1. The van der Waals surface area contributed by atoms with Gasteiger partial charge in [-0.1, -0.05) is 54.1 Å². The number of hydrogen-bond donors (Lipinski definition) is 0. The highest BCUT2D eigenvalue weighted by Crippen LogP contribution is 2.35. The molecule has 0 fully saturated rings. The fraction of sp³-hybridized carbons (Fsp3) is 0.143. The molecular weight excluding hydrogens is 420 g/mol. The zero-order valence-electron chi connectivity index (χ0n) is 16.3. The van der Waals surface area contributed by atoms with E-state index < -0.39 is 27.2 Å². The fourth-order valence-corrected chi connectivity index (χ4v) is 3.80. The van der Waals surface area contributed by atoms with Gasteiger partial charge in [0, 0.05) is 6.54 Å². The molecule has 0 spiro atoms. The first kappa shape index (κ1) is 20.3. The van der Waals surface area contributed by atoms with E-state index in [2.05, 4.69) is 10.1 Å². The molecule has 0 saturated heterocycles. The summed E-state index contributed by atoms with van der Waals surface area (Å²) in [6.45, 7) is 0.374. The number of aromatic nitrogens is 4. The standard InChI is InChI=1S/C21H15ClN6O3/c1-26-21(29)18(22)17(20(25-26)28(30)31)14(11-23)19-24-15-9-5-6-10-16(15)27(19)12-13-7-3-2-4-8-13/h2-10,14H,12H2,1H3/t14-/m0/s1. The summed E-state index contributed by atoms with van der Waals surface area (Å²) >= 11 is 6.22. The van der Waals surface area contributed by atoms with Gasteiger partial charge in [0.15, 0.2) is 0 Å². The molecule has 10 heteroatoms. The van der Waals surface area contributed by atoms with E-state index in [1.165, 1.54) is 7.05 Å². The quantitative estimate of drug-likeness (QED) is 0.350. The smallest absolute Gasteiger partial charge is 0.358 e. The maximum atomic E-state index is 12.4. The third kappa shape index (κ3) is 3.53. The minimum absolute atomic E-state index is 0.243. The number of nitro groups is 1. The van der Waals surface area contributed by atoms with Crippen LogP contribution in [0.15, 0.2) is 59.4 Å². The largest absolute Gasteiger partial charge is 0.395 e. The van der Waals surface area contributed by atoms with Crippen molar-refractivity contribution in [1.82, 2.24) is 19.3 Å². The van der Waals surface area contributed by atoms with Crippen LogP contribution in [0.2, 0.25) is 5.02 Å². The second kappa shape index (κ2) is 8.01. The number of nitrogens with zero attached hydrogens (tertiary/aromatic N) is 6. The topological polar surface area (TPSA) is 120 Å². The molecule has 0 amide bonds. The molecule has 2 heterocycles.